The van der Waals surface area contributed by atoms with Gasteiger partial charge in [0.1, 0.15) is 5.78 Å². The Labute approximate surface area is 140 Å². The molecular formula is C20H33NO2. The molecule has 3 heteroatoms. The summed E-state index contributed by atoms with van der Waals surface area (Å²) in [4.78, 5) is 11.9. The molecule has 0 bridgehead atoms. The highest BCUT2D eigenvalue weighted by Crippen LogP contribution is 2.65. The third-order valence-electron chi connectivity index (χ3n) is 8.82. The molecular weight excluding hydrogens is 286 g/mol. The minimum Gasteiger partial charge on any atom is -0.391 e. The van der Waals surface area contributed by atoms with Crippen molar-refractivity contribution in [3.05, 3.63) is 0 Å². The van der Waals surface area contributed by atoms with Crippen LogP contribution >= 0.6 is 0 Å². The van der Waals surface area contributed by atoms with Crippen LogP contribution in [0, 0.1) is 34.5 Å². The van der Waals surface area contributed by atoms with Gasteiger partial charge in [0.2, 0.25) is 0 Å². The van der Waals surface area contributed by atoms with Gasteiger partial charge in [0.25, 0.3) is 0 Å². The minimum atomic E-state index is -0.188. The summed E-state index contributed by atoms with van der Waals surface area (Å²) in [7, 11) is 2.01. The molecule has 0 amide bonds. The molecule has 0 heterocycles. The van der Waals surface area contributed by atoms with Crippen molar-refractivity contribution in [3.8, 4) is 0 Å². The largest absolute Gasteiger partial charge is 0.391 e. The Hall–Kier alpha value is -0.410. The molecule has 4 rings (SSSR count). The maximum atomic E-state index is 11.9. The fourth-order valence-electron chi connectivity index (χ4n) is 7.58. The van der Waals surface area contributed by atoms with Gasteiger partial charge in [-0.1, -0.05) is 13.8 Å². The van der Waals surface area contributed by atoms with E-state index >= 15 is 0 Å². The Bertz CT molecular complexity index is 506. The van der Waals surface area contributed by atoms with Crippen LogP contribution < -0.4 is 5.32 Å². The average Bonchev–Trinajstić information content (AvgIpc) is 2.77. The fourth-order valence-corrected chi connectivity index (χ4v) is 7.58. The summed E-state index contributed by atoms with van der Waals surface area (Å²) in [6.07, 6.45) is 8.58. The molecule has 0 aromatic rings. The van der Waals surface area contributed by atoms with Gasteiger partial charge in [-0.15, -0.1) is 0 Å². The van der Waals surface area contributed by atoms with Crippen molar-refractivity contribution in [3.63, 3.8) is 0 Å². The van der Waals surface area contributed by atoms with Crippen molar-refractivity contribution in [2.75, 3.05) is 7.05 Å². The quantitative estimate of drug-likeness (QED) is 0.780. The maximum absolute atomic E-state index is 11.9. The highest BCUT2D eigenvalue weighted by Gasteiger charge is 2.61. The number of ketones is 1. The molecule has 130 valence electrons. The van der Waals surface area contributed by atoms with Gasteiger partial charge in [-0.05, 0) is 80.1 Å². The van der Waals surface area contributed by atoms with Gasteiger partial charge in [-0.3, -0.25) is 4.79 Å². The van der Waals surface area contributed by atoms with Crippen LogP contribution in [0.5, 0.6) is 0 Å². The number of aliphatic hydroxyl groups is 1. The lowest BCUT2D eigenvalue weighted by Crippen LogP contribution is -2.55. The zero-order chi connectivity index (χ0) is 16.4. The number of Topliss-reactive ketones (excluding diaryl/α,β-unsaturated/α-hetero) is 1. The number of hydrogen-bond donors (Lipinski definition) is 2. The third-order valence-corrected chi connectivity index (χ3v) is 8.82. The zero-order valence-electron chi connectivity index (χ0n) is 15.0. The average molecular weight is 319 g/mol. The molecule has 0 unspecified atom stereocenters. The van der Waals surface area contributed by atoms with Gasteiger partial charge in [0.05, 0.1) is 6.10 Å². The standard InChI is InChI=1S/C20H33NO2/c1-19-8-6-13(22)10-12(19)4-5-14-15(19)7-9-20(2)16(14)11-17(23)18(20)21-3/h12,14-18,21,23H,4-11H2,1-3H3/t12-,14+,15-,16-,17-,18-,19-,20-/m0/s1. The van der Waals surface area contributed by atoms with E-state index in [4.69, 9.17) is 0 Å². The summed E-state index contributed by atoms with van der Waals surface area (Å²) in [6, 6.07) is 0.256. The molecule has 0 aromatic carbocycles. The van der Waals surface area contributed by atoms with Crippen LogP contribution in [0.4, 0.5) is 0 Å². The Morgan fingerprint density at radius 2 is 1.87 bits per heavy atom. The van der Waals surface area contributed by atoms with Crippen molar-refractivity contribution in [2.24, 2.45) is 34.5 Å². The Kier molecular flexibility index (Phi) is 3.70. The first-order chi connectivity index (χ1) is 10.9. The van der Waals surface area contributed by atoms with E-state index in [1.807, 2.05) is 7.05 Å². The second-order valence-corrected chi connectivity index (χ2v) is 9.51. The van der Waals surface area contributed by atoms with E-state index in [-0.39, 0.29) is 17.6 Å². The molecule has 2 N–H and O–H groups in total. The smallest absolute Gasteiger partial charge is 0.133 e. The van der Waals surface area contributed by atoms with E-state index < -0.39 is 0 Å². The van der Waals surface area contributed by atoms with Gasteiger partial charge >= 0.3 is 0 Å². The van der Waals surface area contributed by atoms with Gasteiger partial charge in [-0.25, -0.2) is 0 Å². The third kappa shape index (κ3) is 2.12. The molecule has 0 radical (unpaired) electrons. The van der Waals surface area contributed by atoms with E-state index in [1.165, 1.54) is 25.7 Å². The second kappa shape index (κ2) is 5.29. The molecule has 0 saturated heterocycles. The van der Waals surface area contributed by atoms with E-state index in [2.05, 4.69) is 19.2 Å². The predicted molar refractivity (Wildman–Crippen MR) is 91.0 cm³/mol. The van der Waals surface area contributed by atoms with E-state index in [0.29, 0.717) is 23.0 Å². The van der Waals surface area contributed by atoms with Crippen molar-refractivity contribution < 1.29 is 9.90 Å². The van der Waals surface area contributed by atoms with Crippen LogP contribution in [0.3, 0.4) is 0 Å². The Balaban J connectivity index is 1.63. The van der Waals surface area contributed by atoms with Crippen molar-refractivity contribution in [2.45, 2.75) is 77.4 Å². The van der Waals surface area contributed by atoms with Gasteiger partial charge < -0.3 is 10.4 Å². The first-order valence-corrected chi connectivity index (χ1v) is 9.77. The van der Waals surface area contributed by atoms with E-state index in [1.54, 1.807) is 0 Å². The van der Waals surface area contributed by atoms with Crippen LogP contribution in [-0.2, 0) is 4.79 Å². The van der Waals surface area contributed by atoms with Crippen LogP contribution in [0.2, 0.25) is 0 Å². The number of carbonyl (C=O) groups is 1. The number of likely N-dealkylation sites (N-methyl/N-ethyl adjacent to an activating group) is 1. The molecule has 8 atom stereocenters. The number of fused-ring (bicyclic) bond motifs is 5. The van der Waals surface area contributed by atoms with Crippen LogP contribution in [0.15, 0.2) is 0 Å². The van der Waals surface area contributed by atoms with Gasteiger partial charge in [-0.2, -0.15) is 0 Å². The topological polar surface area (TPSA) is 49.3 Å². The SMILES string of the molecule is CN[C@H]1[C@@H](O)C[C@H]2[C@@H]3CC[C@H]4CC(=O)CC[C@]4(C)[C@H]3CC[C@@]21C. The summed E-state index contributed by atoms with van der Waals surface area (Å²) < 4.78 is 0. The second-order valence-electron chi connectivity index (χ2n) is 9.51. The first-order valence-electron chi connectivity index (χ1n) is 9.77. The zero-order valence-corrected chi connectivity index (χ0v) is 15.0. The van der Waals surface area contributed by atoms with Crippen molar-refractivity contribution in [1.82, 2.24) is 5.32 Å². The Morgan fingerprint density at radius 1 is 1.09 bits per heavy atom. The number of carbonyl (C=O) groups excluding carboxylic acids is 1. The number of hydrogen-bond acceptors (Lipinski definition) is 3. The van der Waals surface area contributed by atoms with Crippen molar-refractivity contribution in [1.29, 1.82) is 0 Å². The lowest BCUT2D eigenvalue weighted by molar-refractivity contribution is -0.138. The number of rotatable bonds is 1. The molecule has 23 heavy (non-hydrogen) atoms. The highest BCUT2D eigenvalue weighted by molar-refractivity contribution is 5.79. The molecule has 0 aliphatic heterocycles. The molecule has 0 spiro atoms. The maximum Gasteiger partial charge on any atom is 0.133 e. The van der Waals surface area contributed by atoms with Crippen LogP contribution in [-0.4, -0.2) is 30.1 Å². The molecule has 4 fully saturated rings. The van der Waals surface area contributed by atoms with Gasteiger partial charge in [0.15, 0.2) is 0 Å². The summed E-state index contributed by atoms with van der Waals surface area (Å²) >= 11 is 0. The van der Waals surface area contributed by atoms with Crippen LogP contribution in [0.1, 0.15) is 65.2 Å². The normalized spacial score (nSPS) is 55.9. The molecule has 0 aromatic heterocycles. The summed E-state index contributed by atoms with van der Waals surface area (Å²) in [5.74, 6) is 3.31. The summed E-state index contributed by atoms with van der Waals surface area (Å²) in [5.41, 5.74) is 0.629. The van der Waals surface area contributed by atoms with Crippen LogP contribution in [0.25, 0.3) is 0 Å². The monoisotopic (exact) mass is 319 g/mol. The van der Waals surface area contributed by atoms with Gasteiger partial charge in [0, 0.05) is 18.9 Å². The predicted octanol–water partition coefficient (Wildman–Crippen LogP) is 3.16. The highest BCUT2D eigenvalue weighted by atomic mass is 16.3. The molecule has 4 aliphatic rings. The fraction of sp³-hybridized carbons (Fsp3) is 0.950. The number of aliphatic hydroxyl groups excluding tert-OH is 1. The first kappa shape index (κ1) is 16.1. The Morgan fingerprint density at radius 3 is 2.61 bits per heavy atom. The minimum absolute atomic E-state index is 0.188. The lowest BCUT2D eigenvalue weighted by atomic mass is 9.45. The van der Waals surface area contributed by atoms with E-state index in [9.17, 15) is 9.90 Å². The summed E-state index contributed by atoms with van der Waals surface area (Å²) in [5, 5.41) is 14.0. The lowest BCUT2D eigenvalue weighted by Gasteiger charge is -2.60. The molecule has 4 saturated carbocycles. The number of nitrogens with one attached hydrogen (secondary N) is 1. The molecule has 4 aliphatic carbocycles. The van der Waals surface area contributed by atoms with Crippen molar-refractivity contribution >= 4 is 5.78 Å². The molecule has 3 nitrogen and oxygen atoms in total. The van der Waals surface area contributed by atoms with E-state index in [0.717, 1.165) is 37.5 Å². The summed E-state index contributed by atoms with van der Waals surface area (Å²) in [6.45, 7) is 4.91.